The first-order valence-electron chi connectivity index (χ1n) is 7.39. The van der Waals surface area contributed by atoms with Crippen molar-refractivity contribution in [3.8, 4) is 0 Å². The van der Waals surface area contributed by atoms with Gasteiger partial charge in [-0.1, -0.05) is 42.5 Å². The van der Waals surface area contributed by atoms with E-state index in [1.54, 1.807) is 18.2 Å². The van der Waals surface area contributed by atoms with Crippen molar-refractivity contribution in [2.45, 2.75) is 23.2 Å². The van der Waals surface area contributed by atoms with Crippen LogP contribution in [-0.4, -0.2) is 18.2 Å². The molecule has 0 atom stereocenters. The van der Waals surface area contributed by atoms with Crippen molar-refractivity contribution in [3.05, 3.63) is 66.0 Å². The van der Waals surface area contributed by atoms with Crippen LogP contribution in [0.15, 0.2) is 59.5 Å². The lowest BCUT2D eigenvalue weighted by Crippen LogP contribution is -2.33. The van der Waals surface area contributed by atoms with Gasteiger partial charge in [0, 0.05) is 16.9 Å². The minimum absolute atomic E-state index is 0.0459. The average Bonchev–Trinajstić information content (AvgIpc) is 3.34. The number of carbonyl (C=O) groups is 1. The van der Waals surface area contributed by atoms with Gasteiger partial charge >= 0.3 is 0 Å². The molecule has 0 bridgehead atoms. The van der Waals surface area contributed by atoms with E-state index in [-0.39, 0.29) is 22.9 Å². The zero-order valence-electron chi connectivity index (χ0n) is 12.2. The molecule has 2 nitrogen and oxygen atoms in total. The van der Waals surface area contributed by atoms with E-state index in [9.17, 15) is 9.18 Å². The van der Waals surface area contributed by atoms with E-state index in [0.717, 1.165) is 12.8 Å². The molecule has 0 aliphatic heterocycles. The predicted molar refractivity (Wildman–Crippen MR) is 87.5 cm³/mol. The molecule has 1 amide bonds. The molecule has 2 aromatic carbocycles. The standard InChI is InChI=1S/C18H18FNOS/c19-15-8-4-5-9-16(15)22-12-17(21)20-13-18(10-11-18)14-6-2-1-3-7-14/h1-9H,10-13H2,(H,20,21). The van der Waals surface area contributed by atoms with E-state index >= 15 is 0 Å². The highest BCUT2D eigenvalue weighted by Gasteiger charge is 2.44. The fourth-order valence-corrected chi connectivity index (χ4v) is 3.30. The highest BCUT2D eigenvalue weighted by molar-refractivity contribution is 8.00. The fourth-order valence-electron chi connectivity index (χ4n) is 2.53. The normalized spacial score (nSPS) is 15.3. The molecular weight excluding hydrogens is 297 g/mol. The second-order valence-electron chi connectivity index (χ2n) is 5.64. The molecule has 1 N–H and O–H groups in total. The van der Waals surface area contributed by atoms with Crippen LogP contribution in [0.2, 0.25) is 0 Å². The number of thioether (sulfide) groups is 1. The van der Waals surface area contributed by atoms with Crippen LogP contribution in [0, 0.1) is 5.82 Å². The van der Waals surface area contributed by atoms with Gasteiger partial charge in [0.15, 0.2) is 0 Å². The van der Waals surface area contributed by atoms with Gasteiger partial charge in [0.25, 0.3) is 0 Å². The summed E-state index contributed by atoms with van der Waals surface area (Å²) in [7, 11) is 0. The minimum atomic E-state index is -0.275. The largest absolute Gasteiger partial charge is 0.354 e. The molecule has 1 aliphatic rings. The summed E-state index contributed by atoms with van der Waals surface area (Å²) in [4.78, 5) is 12.5. The maximum absolute atomic E-state index is 13.5. The third kappa shape index (κ3) is 3.50. The minimum Gasteiger partial charge on any atom is -0.354 e. The lowest BCUT2D eigenvalue weighted by molar-refractivity contribution is -0.118. The zero-order valence-corrected chi connectivity index (χ0v) is 13.0. The van der Waals surface area contributed by atoms with E-state index in [1.807, 2.05) is 18.2 Å². The Morgan fingerprint density at radius 1 is 1.09 bits per heavy atom. The predicted octanol–water partition coefficient (Wildman–Crippen LogP) is 3.77. The topological polar surface area (TPSA) is 29.1 Å². The van der Waals surface area contributed by atoms with Crippen LogP contribution in [0.1, 0.15) is 18.4 Å². The van der Waals surface area contributed by atoms with E-state index in [0.29, 0.717) is 11.4 Å². The molecule has 3 rings (SSSR count). The van der Waals surface area contributed by atoms with Gasteiger partial charge in [-0.25, -0.2) is 4.39 Å². The van der Waals surface area contributed by atoms with Crippen LogP contribution in [0.25, 0.3) is 0 Å². The SMILES string of the molecule is O=C(CSc1ccccc1F)NCC1(c2ccccc2)CC1. The second-order valence-corrected chi connectivity index (χ2v) is 6.66. The van der Waals surface area contributed by atoms with Crippen LogP contribution in [0.4, 0.5) is 4.39 Å². The molecule has 2 aromatic rings. The Balaban J connectivity index is 1.50. The van der Waals surface area contributed by atoms with Gasteiger partial charge in [0.2, 0.25) is 5.91 Å². The van der Waals surface area contributed by atoms with Gasteiger partial charge < -0.3 is 5.32 Å². The van der Waals surface area contributed by atoms with E-state index in [1.165, 1.54) is 23.4 Å². The molecular formula is C18H18FNOS. The summed E-state index contributed by atoms with van der Waals surface area (Å²) in [5.74, 6) is -0.0788. The maximum Gasteiger partial charge on any atom is 0.230 e. The third-order valence-electron chi connectivity index (χ3n) is 4.06. The number of carbonyl (C=O) groups excluding carboxylic acids is 1. The molecule has 1 saturated carbocycles. The monoisotopic (exact) mass is 315 g/mol. The average molecular weight is 315 g/mol. The van der Waals surface area contributed by atoms with Gasteiger partial charge in [-0.3, -0.25) is 4.79 Å². The van der Waals surface area contributed by atoms with Gasteiger partial charge in [0.05, 0.1) is 5.75 Å². The molecule has 0 saturated heterocycles. The Morgan fingerprint density at radius 2 is 1.77 bits per heavy atom. The number of nitrogens with one attached hydrogen (secondary N) is 1. The number of benzene rings is 2. The Labute approximate surface area is 134 Å². The first-order chi connectivity index (χ1) is 10.7. The Hall–Kier alpha value is -1.81. The first kappa shape index (κ1) is 15.1. The lowest BCUT2D eigenvalue weighted by Gasteiger charge is -2.16. The van der Waals surface area contributed by atoms with Crippen molar-refractivity contribution in [1.29, 1.82) is 0 Å². The van der Waals surface area contributed by atoms with Crippen LogP contribution in [-0.2, 0) is 10.2 Å². The first-order valence-corrected chi connectivity index (χ1v) is 8.38. The van der Waals surface area contributed by atoms with Crippen LogP contribution < -0.4 is 5.32 Å². The summed E-state index contributed by atoms with van der Waals surface area (Å²) in [6, 6.07) is 16.8. The van der Waals surface area contributed by atoms with Crippen LogP contribution >= 0.6 is 11.8 Å². The van der Waals surface area contributed by atoms with E-state index in [2.05, 4.69) is 17.4 Å². The summed E-state index contributed by atoms with van der Waals surface area (Å²) in [5.41, 5.74) is 1.40. The van der Waals surface area contributed by atoms with Gasteiger partial charge in [0.1, 0.15) is 5.82 Å². The third-order valence-corrected chi connectivity index (χ3v) is 5.11. The van der Waals surface area contributed by atoms with Gasteiger partial charge in [-0.15, -0.1) is 11.8 Å². The van der Waals surface area contributed by atoms with Crippen molar-refractivity contribution < 1.29 is 9.18 Å². The summed E-state index contributed by atoms with van der Waals surface area (Å²) in [6.45, 7) is 0.660. The van der Waals surface area contributed by atoms with Crippen molar-refractivity contribution >= 4 is 17.7 Å². The Kier molecular flexibility index (Phi) is 4.48. The Morgan fingerprint density at radius 3 is 2.45 bits per heavy atom. The van der Waals surface area contributed by atoms with Gasteiger partial charge in [-0.2, -0.15) is 0 Å². The van der Waals surface area contributed by atoms with Crippen molar-refractivity contribution in [2.24, 2.45) is 0 Å². The fraction of sp³-hybridized carbons (Fsp3) is 0.278. The molecule has 0 aromatic heterocycles. The molecule has 4 heteroatoms. The van der Waals surface area contributed by atoms with Crippen molar-refractivity contribution in [2.75, 3.05) is 12.3 Å². The highest BCUT2D eigenvalue weighted by Crippen LogP contribution is 2.47. The molecule has 114 valence electrons. The second kappa shape index (κ2) is 6.53. The number of hydrogen-bond donors (Lipinski definition) is 1. The molecule has 1 aliphatic carbocycles. The smallest absolute Gasteiger partial charge is 0.230 e. The van der Waals surface area contributed by atoms with Crippen molar-refractivity contribution in [1.82, 2.24) is 5.32 Å². The molecule has 1 fully saturated rings. The Bertz CT molecular complexity index is 655. The highest BCUT2D eigenvalue weighted by atomic mass is 32.2. The van der Waals surface area contributed by atoms with Crippen molar-refractivity contribution in [3.63, 3.8) is 0 Å². The summed E-state index contributed by atoms with van der Waals surface area (Å²) >= 11 is 1.23. The molecule has 0 radical (unpaired) electrons. The number of halogens is 1. The van der Waals surface area contributed by atoms with Crippen LogP contribution in [0.5, 0.6) is 0 Å². The molecule has 0 heterocycles. The van der Waals surface area contributed by atoms with Crippen LogP contribution in [0.3, 0.4) is 0 Å². The lowest BCUT2D eigenvalue weighted by atomic mass is 9.96. The summed E-state index contributed by atoms with van der Waals surface area (Å²) in [5, 5.41) is 2.99. The quantitative estimate of drug-likeness (QED) is 0.822. The molecule has 0 spiro atoms. The van der Waals surface area contributed by atoms with E-state index < -0.39 is 0 Å². The summed E-state index contributed by atoms with van der Waals surface area (Å²) in [6.07, 6.45) is 2.22. The number of hydrogen-bond acceptors (Lipinski definition) is 2. The van der Waals surface area contributed by atoms with Gasteiger partial charge in [-0.05, 0) is 30.5 Å². The molecule has 22 heavy (non-hydrogen) atoms. The zero-order chi connectivity index (χ0) is 15.4. The molecule has 0 unspecified atom stereocenters. The number of rotatable bonds is 6. The maximum atomic E-state index is 13.5. The van der Waals surface area contributed by atoms with E-state index in [4.69, 9.17) is 0 Å². The summed E-state index contributed by atoms with van der Waals surface area (Å²) < 4.78 is 13.5. The number of amides is 1.